The highest BCUT2D eigenvalue weighted by atomic mass is 32.2. The number of nitrogens with two attached hydrogens (primary N) is 1. The lowest BCUT2D eigenvalue weighted by Crippen LogP contribution is -2.43. The molecule has 0 bridgehead atoms. The van der Waals surface area contributed by atoms with Crippen molar-refractivity contribution in [2.75, 3.05) is 25.4 Å². The number of alkyl halides is 3. The Morgan fingerprint density at radius 2 is 1.76 bits per heavy atom. The zero-order valence-corrected chi connectivity index (χ0v) is 10.2. The quantitative estimate of drug-likeness (QED) is 0.830. The van der Waals surface area contributed by atoms with Crippen molar-refractivity contribution in [2.24, 2.45) is 11.7 Å². The molecule has 1 fully saturated rings. The van der Waals surface area contributed by atoms with Gasteiger partial charge in [-0.2, -0.15) is 13.2 Å². The monoisotopic (exact) mass is 274 g/mol. The molecule has 0 spiro atoms. The van der Waals surface area contributed by atoms with Crippen LogP contribution in [0.3, 0.4) is 0 Å². The van der Waals surface area contributed by atoms with Crippen LogP contribution in [-0.4, -0.2) is 44.3 Å². The van der Waals surface area contributed by atoms with Crippen LogP contribution in [0.25, 0.3) is 0 Å². The zero-order chi connectivity index (χ0) is 13.1. The number of piperidine rings is 1. The van der Waals surface area contributed by atoms with Gasteiger partial charge in [0.25, 0.3) is 0 Å². The SMILES string of the molecule is NCCCS(=O)(=O)N1CCC(C(F)(F)F)CC1. The van der Waals surface area contributed by atoms with E-state index in [0.717, 1.165) is 4.31 Å². The van der Waals surface area contributed by atoms with Gasteiger partial charge in [0.1, 0.15) is 0 Å². The molecule has 1 rings (SSSR count). The second-order valence-electron chi connectivity index (χ2n) is 4.17. The summed E-state index contributed by atoms with van der Waals surface area (Å²) in [5, 5.41) is 0. The molecular formula is C9H17F3N2O2S. The Morgan fingerprint density at radius 1 is 1.24 bits per heavy atom. The van der Waals surface area contributed by atoms with Gasteiger partial charge in [-0.05, 0) is 25.8 Å². The molecule has 1 saturated heterocycles. The van der Waals surface area contributed by atoms with E-state index < -0.39 is 22.1 Å². The Hall–Kier alpha value is -0.340. The number of halogens is 3. The molecule has 0 unspecified atom stereocenters. The molecule has 17 heavy (non-hydrogen) atoms. The summed E-state index contributed by atoms with van der Waals surface area (Å²) < 4.78 is 61.7. The predicted octanol–water partition coefficient (Wildman–Crippen LogP) is 0.939. The summed E-state index contributed by atoms with van der Waals surface area (Å²) in [6.45, 7) is 0.173. The normalized spacial score (nSPS) is 20.7. The van der Waals surface area contributed by atoms with Crippen LogP contribution in [0.15, 0.2) is 0 Å². The first kappa shape index (κ1) is 14.7. The summed E-state index contributed by atoms with van der Waals surface area (Å²) in [4.78, 5) is 0. The van der Waals surface area contributed by atoms with E-state index in [1.54, 1.807) is 0 Å². The fraction of sp³-hybridized carbons (Fsp3) is 1.00. The third-order valence-corrected chi connectivity index (χ3v) is 4.87. The van der Waals surface area contributed by atoms with Gasteiger partial charge < -0.3 is 5.73 Å². The van der Waals surface area contributed by atoms with Crippen LogP contribution in [0, 0.1) is 5.92 Å². The Balaban J connectivity index is 2.52. The van der Waals surface area contributed by atoms with E-state index in [1.165, 1.54) is 0 Å². The maximum Gasteiger partial charge on any atom is 0.391 e. The van der Waals surface area contributed by atoms with E-state index >= 15 is 0 Å². The number of hydrogen-bond donors (Lipinski definition) is 1. The molecule has 0 aromatic carbocycles. The maximum atomic E-state index is 12.4. The van der Waals surface area contributed by atoms with Gasteiger partial charge >= 0.3 is 6.18 Å². The molecule has 0 aromatic rings. The highest BCUT2D eigenvalue weighted by Gasteiger charge is 2.42. The van der Waals surface area contributed by atoms with E-state index in [0.29, 0.717) is 6.42 Å². The second-order valence-corrected chi connectivity index (χ2v) is 6.26. The van der Waals surface area contributed by atoms with Crippen LogP contribution in [-0.2, 0) is 10.0 Å². The minimum atomic E-state index is -4.22. The second kappa shape index (κ2) is 5.53. The van der Waals surface area contributed by atoms with Gasteiger partial charge in [-0.25, -0.2) is 12.7 Å². The van der Waals surface area contributed by atoms with Crippen molar-refractivity contribution in [3.05, 3.63) is 0 Å². The van der Waals surface area contributed by atoms with E-state index in [4.69, 9.17) is 5.73 Å². The Bertz CT molecular complexity index is 335. The van der Waals surface area contributed by atoms with Crippen LogP contribution in [0.4, 0.5) is 13.2 Å². The third-order valence-electron chi connectivity index (χ3n) is 2.92. The van der Waals surface area contributed by atoms with Crippen molar-refractivity contribution in [3.63, 3.8) is 0 Å². The predicted molar refractivity (Wildman–Crippen MR) is 57.8 cm³/mol. The number of hydrogen-bond acceptors (Lipinski definition) is 3. The topological polar surface area (TPSA) is 63.4 Å². The van der Waals surface area contributed by atoms with Crippen molar-refractivity contribution >= 4 is 10.0 Å². The zero-order valence-electron chi connectivity index (χ0n) is 9.41. The number of rotatable bonds is 4. The van der Waals surface area contributed by atoms with Gasteiger partial charge in [0.2, 0.25) is 10.0 Å². The highest BCUT2D eigenvalue weighted by Crippen LogP contribution is 2.34. The van der Waals surface area contributed by atoms with Gasteiger partial charge in [-0.15, -0.1) is 0 Å². The van der Waals surface area contributed by atoms with E-state index in [2.05, 4.69) is 0 Å². The van der Waals surface area contributed by atoms with Crippen molar-refractivity contribution < 1.29 is 21.6 Å². The van der Waals surface area contributed by atoms with E-state index in [9.17, 15) is 21.6 Å². The lowest BCUT2D eigenvalue weighted by molar-refractivity contribution is -0.182. The van der Waals surface area contributed by atoms with E-state index in [1.807, 2.05) is 0 Å². The van der Waals surface area contributed by atoms with Crippen molar-refractivity contribution in [2.45, 2.75) is 25.4 Å². The largest absolute Gasteiger partial charge is 0.391 e. The van der Waals surface area contributed by atoms with Crippen LogP contribution < -0.4 is 5.73 Å². The van der Waals surface area contributed by atoms with Gasteiger partial charge in [-0.3, -0.25) is 0 Å². The molecule has 0 atom stereocenters. The van der Waals surface area contributed by atoms with Gasteiger partial charge in [0.05, 0.1) is 11.7 Å². The Kier molecular flexibility index (Phi) is 4.79. The summed E-state index contributed by atoms with van der Waals surface area (Å²) in [6, 6.07) is 0. The molecule has 0 radical (unpaired) electrons. The van der Waals surface area contributed by atoms with Crippen LogP contribution >= 0.6 is 0 Å². The summed E-state index contributed by atoms with van der Waals surface area (Å²) in [5.74, 6) is -1.45. The molecule has 0 amide bonds. The van der Waals surface area contributed by atoms with Crippen LogP contribution in [0.2, 0.25) is 0 Å². The average molecular weight is 274 g/mol. The fourth-order valence-electron chi connectivity index (χ4n) is 1.86. The lowest BCUT2D eigenvalue weighted by atomic mass is 9.98. The summed E-state index contributed by atoms with van der Waals surface area (Å²) in [7, 11) is -3.43. The minimum absolute atomic E-state index is 0.0446. The standard InChI is InChI=1S/C9H17F3N2O2S/c10-9(11,12)8-2-5-14(6-3-8)17(15,16)7-1-4-13/h8H,1-7,13H2. The lowest BCUT2D eigenvalue weighted by Gasteiger charge is -2.32. The number of sulfonamides is 1. The van der Waals surface area contributed by atoms with Gasteiger partial charge in [0.15, 0.2) is 0 Å². The molecule has 102 valence electrons. The Labute approximate surface area is 99.0 Å². The molecule has 0 aliphatic carbocycles. The minimum Gasteiger partial charge on any atom is -0.330 e. The van der Waals surface area contributed by atoms with Crippen molar-refractivity contribution in [1.29, 1.82) is 0 Å². The third kappa shape index (κ3) is 4.11. The maximum absolute atomic E-state index is 12.4. The van der Waals surface area contributed by atoms with Crippen LogP contribution in [0.1, 0.15) is 19.3 Å². The highest BCUT2D eigenvalue weighted by molar-refractivity contribution is 7.89. The number of nitrogens with zero attached hydrogens (tertiary/aromatic N) is 1. The summed E-state index contributed by atoms with van der Waals surface area (Å²) in [6.07, 6.45) is -4.18. The molecule has 2 N–H and O–H groups in total. The smallest absolute Gasteiger partial charge is 0.330 e. The molecule has 1 heterocycles. The first-order valence-electron chi connectivity index (χ1n) is 5.52. The van der Waals surface area contributed by atoms with Crippen molar-refractivity contribution in [1.82, 2.24) is 4.31 Å². The molecule has 0 aromatic heterocycles. The fourth-order valence-corrected chi connectivity index (χ4v) is 3.41. The Morgan fingerprint density at radius 3 is 2.18 bits per heavy atom. The van der Waals surface area contributed by atoms with Gasteiger partial charge in [0, 0.05) is 13.1 Å². The molecule has 4 nitrogen and oxygen atoms in total. The van der Waals surface area contributed by atoms with Crippen LogP contribution in [0.5, 0.6) is 0 Å². The van der Waals surface area contributed by atoms with Gasteiger partial charge in [-0.1, -0.05) is 0 Å². The molecule has 1 aliphatic heterocycles. The van der Waals surface area contributed by atoms with E-state index in [-0.39, 0.29) is 38.2 Å². The molecule has 8 heteroatoms. The first-order chi connectivity index (χ1) is 7.77. The summed E-state index contributed by atoms with van der Waals surface area (Å²) >= 11 is 0. The average Bonchev–Trinajstić information content (AvgIpc) is 2.25. The molecular weight excluding hydrogens is 257 g/mol. The molecule has 0 saturated carbocycles. The molecule has 1 aliphatic rings. The van der Waals surface area contributed by atoms with Crippen molar-refractivity contribution in [3.8, 4) is 0 Å². The summed E-state index contributed by atoms with van der Waals surface area (Å²) in [5.41, 5.74) is 5.21. The first-order valence-corrected chi connectivity index (χ1v) is 7.13.